The van der Waals surface area contributed by atoms with Gasteiger partial charge in [-0.15, -0.1) is 0 Å². The average Bonchev–Trinajstić information content (AvgIpc) is 3.09. The molecule has 146 valence electrons. The lowest BCUT2D eigenvalue weighted by atomic mass is 10.0. The fraction of sp³-hybridized carbons (Fsp3) is 0.364. The first-order chi connectivity index (χ1) is 13.5. The minimum atomic E-state index is -0.558. The molecule has 1 saturated heterocycles. The van der Waals surface area contributed by atoms with E-state index < -0.39 is 5.63 Å². The molecule has 2 aromatic heterocycles. The second-order valence-corrected chi connectivity index (χ2v) is 7.34. The number of hydrogen-bond donors (Lipinski definition) is 1. The molecule has 0 unspecified atom stereocenters. The van der Waals surface area contributed by atoms with Crippen molar-refractivity contribution in [3.63, 3.8) is 0 Å². The molecule has 0 bridgehead atoms. The number of benzene rings is 1. The van der Waals surface area contributed by atoms with Crippen molar-refractivity contribution in [2.75, 3.05) is 19.8 Å². The first-order valence-electron chi connectivity index (χ1n) is 9.62. The summed E-state index contributed by atoms with van der Waals surface area (Å²) in [7, 11) is 0. The predicted molar refractivity (Wildman–Crippen MR) is 107 cm³/mol. The van der Waals surface area contributed by atoms with Gasteiger partial charge in [0.05, 0.1) is 19.3 Å². The van der Waals surface area contributed by atoms with Crippen LogP contribution in [0.3, 0.4) is 0 Å². The van der Waals surface area contributed by atoms with Crippen LogP contribution in [0.2, 0.25) is 0 Å². The van der Waals surface area contributed by atoms with Gasteiger partial charge in [-0.25, -0.2) is 4.79 Å². The smallest absolute Gasteiger partial charge is 0.349 e. The number of aromatic amines is 1. The number of H-pyrrole nitrogens is 1. The molecule has 1 amide bonds. The fourth-order valence-electron chi connectivity index (χ4n) is 3.82. The quantitative estimate of drug-likeness (QED) is 0.755. The Hall–Kier alpha value is -2.86. The molecule has 1 aromatic carbocycles. The summed E-state index contributed by atoms with van der Waals surface area (Å²) in [6, 6.07) is 9.88. The van der Waals surface area contributed by atoms with Crippen LogP contribution >= 0.6 is 0 Å². The molecule has 28 heavy (non-hydrogen) atoms. The Kier molecular flexibility index (Phi) is 5.05. The molecule has 6 nitrogen and oxygen atoms in total. The van der Waals surface area contributed by atoms with E-state index >= 15 is 0 Å². The van der Waals surface area contributed by atoms with Crippen molar-refractivity contribution in [2.24, 2.45) is 0 Å². The number of carbonyl (C=O) groups is 1. The van der Waals surface area contributed by atoms with Gasteiger partial charge >= 0.3 is 5.63 Å². The minimum absolute atomic E-state index is 0.0541. The predicted octanol–water partition coefficient (Wildman–Crippen LogP) is 3.08. The lowest BCUT2D eigenvalue weighted by Gasteiger charge is -2.33. The molecular weight excluding hydrogens is 356 g/mol. The maximum Gasteiger partial charge on any atom is 0.349 e. The van der Waals surface area contributed by atoms with E-state index in [1.165, 1.54) is 10.9 Å². The number of aromatic nitrogens is 1. The SMILES string of the molecule is Cc1cc(CCc2c[nH]c3ccccc23)oc(=O)c1C(=O)N1CCOC[C@H]1C. The number of carbonyl (C=O) groups excluding carboxylic acids is 1. The highest BCUT2D eigenvalue weighted by atomic mass is 16.5. The highest BCUT2D eigenvalue weighted by Gasteiger charge is 2.28. The first-order valence-corrected chi connectivity index (χ1v) is 9.62. The molecule has 6 heteroatoms. The van der Waals surface area contributed by atoms with Gasteiger partial charge in [-0.1, -0.05) is 18.2 Å². The number of aryl methyl sites for hydroxylation is 3. The summed E-state index contributed by atoms with van der Waals surface area (Å²) in [5.41, 5.74) is 2.50. The third-order valence-electron chi connectivity index (χ3n) is 5.36. The summed E-state index contributed by atoms with van der Waals surface area (Å²) < 4.78 is 10.9. The molecule has 3 heterocycles. The van der Waals surface area contributed by atoms with E-state index in [1.54, 1.807) is 11.8 Å². The van der Waals surface area contributed by atoms with E-state index in [9.17, 15) is 9.59 Å². The molecule has 0 spiro atoms. The molecule has 3 aromatic rings. The highest BCUT2D eigenvalue weighted by molar-refractivity contribution is 5.95. The zero-order chi connectivity index (χ0) is 19.7. The van der Waals surface area contributed by atoms with Gasteiger partial charge in [0.25, 0.3) is 5.91 Å². The van der Waals surface area contributed by atoms with Gasteiger partial charge in [-0.05, 0) is 43.5 Å². The van der Waals surface area contributed by atoms with Crippen molar-refractivity contribution >= 4 is 16.8 Å². The van der Waals surface area contributed by atoms with Gasteiger partial charge < -0.3 is 19.0 Å². The summed E-state index contributed by atoms with van der Waals surface area (Å²) in [6.07, 6.45) is 3.34. The van der Waals surface area contributed by atoms with Crippen LogP contribution in [0.5, 0.6) is 0 Å². The summed E-state index contributed by atoms with van der Waals surface area (Å²) in [5, 5.41) is 1.18. The minimum Gasteiger partial charge on any atom is -0.427 e. The Morgan fingerprint density at radius 2 is 2.11 bits per heavy atom. The standard InChI is InChI=1S/C22H24N2O4/c1-14-11-17(8-7-16-12-23-19-6-4-3-5-18(16)19)28-22(26)20(14)21(25)24-9-10-27-13-15(24)2/h3-6,11-12,15,23H,7-10,13H2,1-2H3/t15-/m1/s1. The number of nitrogens with one attached hydrogen (secondary N) is 1. The largest absolute Gasteiger partial charge is 0.427 e. The van der Waals surface area contributed by atoms with Gasteiger partial charge in [-0.2, -0.15) is 0 Å². The first kappa shape index (κ1) is 18.5. The second-order valence-electron chi connectivity index (χ2n) is 7.34. The van der Waals surface area contributed by atoms with Crippen LogP contribution in [0.4, 0.5) is 0 Å². The molecule has 0 saturated carbocycles. The topological polar surface area (TPSA) is 75.5 Å². The van der Waals surface area contributed by atoms with Crippen molar-refractivity contribution in [3.05, 3.63) is 69.4 Å². The zero-order valence-corrected chi connectivity index (χ0v) is 16.2. The molecule has 0 aliphatic carbocycles. The number of hydrogen-bond acceptors (Lipinski definition) is 4. The van der Waals surface area contributed by atoms with Crippen molar-refractivity contribution < 1.29 is 13.9 Å². The Morgan fingerprint density at radius 1 is 1.29 bits per heavy atom. The molecule has 1 fully saturated rings. The maximum absolute atomic E-state index is 12.9. The van der Waals surface area contributed by atoms with Crippen LogP contribution in [-0.4, -0.2) is 41.6 Å². The van der Waals surface area contributed by atoms with E-state index in [4.69, 9.17) is 9.15 Å². The van der Waals surface area contributed by atoms with E-state index in [0.717, 1.165) is 11.9 Å². The van der Waals surface area contributed by atoms with Crippen molar-refractivity contribution in [1.82, 2.24) is 9.88 Å². The maximum atomic E-state index is 12.9. The zero-order valence-electron chi connectivity index (χ0n) is 16.2. The molecular formula is C22H24N2O4. The van der Waals surface area contributed by atoms with Gasteiger partial charge in [0.1, 0.15) is 11.3 Å². The molecule has 1 aliphatic heterocycles. The van der Waals surface area contributed by atoms with Crippen molar-refractivity contribution in [1.29, 1.82) is 0 Å². The lowest BCUT2D eigenvalue weighted by Crippen LogP contribution is -2.48. The number of rotatable bonds is 4. The Bertz CT molecular complexity index is 1070. The van der Waals surface area contributed by atoms with Gasteiger partial charge in [0, 0.05) is 30.1 Å². The monoisotopic (exact) mass is 380 g/mol. The van der Waals surface area contributed by atoms with Crippen LogP contribution < -0.4 is 5.63 Å². The average molecular weight is 380 g/mol. The third kappa shape index (κ3) is 3.47. The van der Waals surface area contributed by atoms with E-state index in [0.29, 0.717) is 37.5 Å². The van der Waals surface area contributed by atoms with Crippen molar-refractivity contribution in [2.45, 2.75) is 32.7 Å². The summed E-state index contributed by atoms with van der Waals surface area (Å²) >= 11 is 0. The fourth-order valence-corrected chi connectivity index (χ4v) is 3.82. The van der Waals surface area contributed by atoms with E-state index in [-0.39, 0.29) is 17.5 Å². The number of para-hydroxylation sites is 1. The highest BCUT2D eigenvalue weighted by Crippen LogP contribution is 2.20. The van der Waals surface area contributed by atoms with Crippen LogP contribution in [0.25, 0.3) is 10.9 Å². The van der Waals surface area contributed by atoms with E-state index in [2.05, 4.69) is 11.1 Å². The van der Waals surface area contributed by atoms with Crippen LogP contribution in [-0.2, 0) is 17.6 Å². The van der Waals surface area contributed by atoms with Gasteiger partial charge in [0.2, 0.25) is 0 Å². The summed E-state index contributed by atoms with van der Waals surface area (Å²) in [6.45, 7) is 5.18. The van der Waals surface area contributed by atoms with Crippen LogP contribution in [0, 0.1) is 6.92 Å². The number of amides is 1. The molecule has 1 aliphatic rings. The third-order valence-corrected chi connectivity index (χ3v) is 5.36. The lowest BCUT2D eigenvalue weighted by molar-refractivity contribution is 0.00329. The number of ether oxygens (including phenoxy) is 1. The summed E-state index contributed by atoms with van der Waals surface area (Å²) in [5.74, 6) is 0.324. The number of morpholine rings is 1. The molecule has 4 rings (SSSR count). The second kappa shape index (κ2) is 7.64. The number of fused-ring (bicyclic) bond motifs is 1. The summed E-state index contributed by atoms with van der Waals surface area (Å²) in [4.78, 5) is 30.4. The molecule has 0 radical (unpaired) electrons. The normalized spacial score (nSPS) is 17.2. The van der Waals surface area contributed by atoms with Crippen LogP contribution in [0.15, 0.2) is 45.7 Å². The number of nitrogens with zero attached hydrogens (tertiary/aromatic N) is 1. The Balaban J connectivity index is 1.54. The Morgan fingerprint density at radius 3 is 2.89 bits per heavy atom. The van der Waals surface area contributed by atoms with E-state index in [1.807, 2.05) is 37.4 Å². The van der Waals surface area contributed by atoms with Gasteiger partial charge in [0.15, 0.2) is 0 Å². The van der Waals surface area contributed by atoms with Gasteiger partial charge in [-0.3, -0.25) is 4.79 Å². The van der Waals surface area contributed by atoms with Crippen molar-refractivity contribution in [3.8, 4) is 0 Å². The molecule has 1 atom stereocenters. The molecule has 1 N–H and O–H groups in total. The van der Waals surface area contributed by atoms with Crippen LogP contribution in [0.1, 0.15) is 34.2 Å². The Labute approximate surface area is 163 Å².